The first-order valence-corrected chi connectivity index (χ1v) is 5.37. The molecule has 0 radical (unpaired) electrons. The van der Waals surface area contributed by atoms with Crippen molar-refractivity contribution in [3.05, 3.63) is 0 Å². The lowest BCUT2D eigenvalue weighted by Crippen LogP contribution is -2.47. The molecule has 76 valence electrons. The Labute approximate surface area is 80.3 Å². The Morgan fingerprint density at radius 2 is 2.15 bits per heavy atom. The summed E-state index contributed by atoms with van der Waals surface area (Å²) >= 11 is 0. The fourth-order valence-corrected chi connectivity index (χ4v) is 3.13. The number of hydrogen-bond donors (Lipinski definition) is 0. The topological polar surface area (TPSA) is 3.24 Å². The Morgan fingerprint density at radius 3 is 2.62 bits per heavy atom. The molecule has 0 bridgehead atoms. The molecule has 2 rings (SSSR count). The zero-order valence-electron chi connectivity index (χ0n) is 8.94. The molecule has 1 nitrogen and oxygen atoms in total. The van der Waals surface area contributed by atoms with Crippen molar-refractivity contribution in [3.8, 4) is 0 Å². The van der Waals surface area contributed by atoms with Crippen molar-refractivity contribution in [1.29, 1.82) is 0 Å². The zero-order valence-corrected chi connectivity index (χ0v) is 8.94. The molecule has 2 fully saturated rings. The van der Waals surface area contributed by atoms with E-state index >= 15 is 0 Å². The number of piperidine rings is 1. The van der Waals surface area contributed by atoms with Crippen LogP contribution in [0.3, 0.4) is 0 Å². The van der Waals surface area contributed by atoms with Crippen molar-refractivity contribution < 1.29 is 4.39 Å². The van der Waals surface area contributed by atoms with Crippen LogP contribution in [0.2, 0.25) is 0 Å². The number of likely N-dealkylation sites (tertiary alicyclic amines) is 1. The number of alkyl halides is 1. The van der Waals surface area contributed by atoms with Gasteiger partial charge in [0.15, 0.2) is 0 Å². The molecular formula is C11H20FN. The molecule has 1 heterocycles. The molecule has 0 aromatic rings. The van der Waals surface area contributed by atoms with Crippen molar-refractivity contribution in [1.82, 2.24) is 4.90 Å². The van der Waals surface area contributed by atoms with Gasteiger partial charge in [-0.2, -0.15) is 0 Å². The summed E-state index contributed by atoms with van der Waals surface area (Å²) in [4.78, 5) is 2.35. The number of halogens is 1. The molecule has 2 aliphatic rings. The van der Waals surface area contributed by atoms with Crippen LogP contribution in [0.15, 0.2) is 0 Å². The number of rotatable bonds is 1. The van der Waals surface area contributed by atoms with Crippen LogP contribution >= 0.6 is 0 Å². The van der Waals surface area contributed by atoms with E-state index < -0.39 is 6.17 Å². The van der Waals surface area contributed by atoms with Gasteiger partial charge >= 0.3 is 0 Å². The molecular weight excluding hydrogens is 165 g/mol. The van der Waals surface area contributed by atoms with Crippen LogP contribution in [0.4, 0.5) is 4.39 Å². The Kier molecular flexibility index (Phi) is 1.96. The van der Waals surface area contributed by atoms with Gasteiger partial charge in [0.2, 0.25) is 0 Å². The number of hydrogen-bond acceptors (Lipinski definition) is 1. The molecule has 3 atom stereocenters. The molecule has 1 saturated carbocycles. The lowest BCUT2D eigenvalue weighted by atomic mass is 9.67. The van der Waals surface area contributed by atoms with E-state index in [0.717, 1.165) is 32.4 Å². The Bertz CT molecular complexity index is 218. The van der Waals surface area contributed by atoms with E-state index in [4.69, 9.17) is 0 Å². The first-order valence-electron chi connectivity index (χ1n) is 5.37. The second-order valence-corrected chi connectivity index (χ2v) is 5.23. The van der Waals surface area contributed by atoms with E-state index in [2.05, 4.69) is 25.8 Å². The monoisotopic (exact) mass is 185 g/mol. The average molecular weight is 185 g/mol. The maximum absolute atomic E-state index is 13.4. The van der Waals surface area contributed by atoms with Gasteiger partial charge in [0, 0.05) is 12.0 Å². The summed E-state index contributed by atoms with van der Waals surface area (Å²) < 4.78 is 13.4. The fraction of sp³-hybridized carbons (Fsp3) is 1.00. The van der Waals surface area contributed by atoms with Crippen LogP contribution in [-0.2, 0) is 0 Å². The van der Waals surface area contributed by atoms with Crippen molar-refractivity contribution in [2.75, 3.05) is 20.1 Å². The van der Waals surface area contributed by atoms with E-state index in [1.54, 1.807) is 0 Å². The molecule has 1 aliphatic heterocycles. The maximum atomic E-state index is 13.4. The van der Waals surface area contributed by atoms with Gasteiger partial charge in [-0.25, -0.2) is 4.39 Å². The highest BCUT2D eigenvalue weighted by atomic mass is 19.1. The molecule has 1 spiro atoms. The van der Waals surface area contributed by atoms with Crippen LogP contribution in [0.5, 0.6) is 0 Å². The summed E-state index contributed by atoms with van der Waals surface area (Å²) in [5.41, 5.74) is 0.285. The van der Waals surface area contributed by atoms with Crippen LogP contribution < -0.4 is 0 Å². The van der Waals surface area contributed by atoms with Crippen molar-refractivity contribution in [2.24, 2.45) is 10.8 Å². The summed E-state index contributed by atoms with van der Waals surface area (Å²) in [6.07, 6.45) is 2.49. The van der Waals surface area contributed by atoms with Gasteiger partial charge in [0.25, 0.3) is 0 Å². The summed E-state index contributed by atoms with van der Waals surface area (Å²) in [6.45, 7) is 6.62. The van der Waals surface area contributed by atoms with Crippen LogP contribution in [0.1, 0.15) is 33.1 Å². The summed E-state index contributed by atoms with van der Waals surface area (Å²) in [6, 6.07) is 0. The standard InChI is InChI=1S/C11H20FN/c1-4-10(2)8-13(3)6-5-11(10)7-9(11)12/h9H,4-8H2,1-3H3/t9-,10-,11+/m1/s1. The minimum atomic E-state index is -0.508. The van der Waals surface area contributed by atoms with Crippen LogP contribution in [-0.4, -0.2) is 31.2 Å². The quantitative estimate of drug-likeness (QED) is 0.606. The minimum Gasteiger partial charge on any atom is -0.306 e. The van der Waals surface area contributed by atoms with Crippen molar-refractivity contribution in [3.63, 3.8) is 0 Å². The van der Waals surface area contributed by atoms with E-state index in [1.807, 2.05) is 0 Å². The third kappa shape index (κ3) is 1.14. The van der Waals surface area contributed by atoms with Gasteiger partial charge in [-0.1, -0.05) is 13.8 Å². The highest BCUT2D eigenvalue weighted by Gasteiger charge is 2.65. The lowest BCUT2D eigenvalue weighted by molar-refractivity contribution is 0.0185. The Morgan fingerprint density at radius 1 is 1.54 bits per heavy atom. The predicted octanol–water partition coefficient (Wildman–Crippen LogP) is 2.47. The average Bonchev–Trinajstić information content (AvgIpc) is 2.73. The number of nitrogens with zero attached hydrogens (tertiary/aromatic N) is 1. The van der Waals surface area contributed by atoms with Crippen molar-refractivity contribution >= 4 is 0 Å². The molecule has 0 unspecified atom stereocenters. The largest absolute Gasteiger partial charge is 0.306 e. The normalized spacial score (nSPS) is 51.2. The summed E-state index contributed by atoms with van der Waals surface area (Å²) in [7, 11) is 2.15. The van der Waals surface area contributed by atoms with Crippen LogP contribution in [0, 0.1) is 10.8 Å². The van der Waals surface area contributed by atoms with E-state index in [1.165, 1.54) is 0 Å². The molecule has 1 aliphatic carbocycles. The molecule has 13 heavy (non-hydrogen) atoms. The fourth-order valence-electron chi connectivity index (χ4n) is 3.13. The lowest BCUT2D eigenvalue weighted by Gasteiger charge is -2.45. The Hall–Kier alpha value is -0.110. The first-order chi connectivity index (χ1) is 6.04. The van der Waals surface area contributed by atoms with Gasteiger partial charge < -0.3 is 4.90 Å². The van der Waals surface area contributed by atoms with Gasteiger partial charge in [-0.15, -0.1) is 0 Å². The highest BCUT2D eigenvalue weighted by Crippen LogP contribution is 2.65. The molecule has 2 heteroatoms. The van der Waals surface area contributed by atoms with E-state index in [0.29, 0.717) is 0 Å². The first kappa shape index (κ1) is 9.45. The highest BCUT2D eigenvalue weighted by molar-refractivity contribution is 5.14. The minimum absolute atomic E-state index is 0.0637. The van der Waals surface area contributed by atoms with Crippen molar-refractivity contribution in [2.45, 2.75) is 39.3 Å². The van der Waals surface area contributed by atoms with Crippen LogP contribution in [0.25, 0.3) is 0 Å². The predicted molar refractivity (Wildman–Crippen MR) is 52.5 cm³/mol. The van der Waals surface area contributed by atoms with Gasteiger partial charge in [-0.05, 0) is 38.3 Å². The SMILES string of the molecule is CC[C@]1(C)CN(C)CC[C@@]12C[C@H]2F. The third-order valence-electron chi connectivity index (χ3n) is 4.52. The van der Waals surface area contributed by atoms with E-state index in [9.17, 15) is 4.39 Å². The molecule has 0 aromatic heterocycles. The zero-order chi connectivity index (χ0) is 9.69. The maximum Gasteiger partial charge on any atom is 0.107 e. The Balaban J connectivity index is 2.19. The molecule has 0 N–H and O–H groups in total. The van der Waals surface area contributed by atoms with Gasteiger partial charge in [-0.3, -0.25) is 0 Å². The second kappa shape index (κ2) is 2.69. The molecule has 0 amide bonds. The van der Waals surface area contributed by atoms with Gasteiger partial charge in [0.05, 0.1) is 0 Å². The third-order valence-corrected chi connectivity index (χ3v) is 4.52. The second-order valence-electron chi connectivity index (χ2n) is 5.23. The summed E-state index contributed by atoms with van der Waals surface area (Å²) in [5.74, 6) is 0. The molecule has 0 aromatic carbocycles. The smallest absolute Gasteiger partial charge is 0.107 e. The van der Waals surface area contributed by atoms with Gasteiger partial charge in [0.1, 0.15) is 6.17 Å². The van der Waals surface area contributed by atoms with E-state index in [-0.39, 0.29) is 10.8 Å². The molecule has 1 saturated heterocycles. The summed E-state index contributed by atoms with van der Waals surface area (Å²) in [5, 5.41) is 0.